The average Bonchev–Trinajstić information content (AvgIpc) is 2.15. The molecule has 0 aliphatic rings. The van der Waals surface area contributed by atoms with Gasteiger partial charge in [-0.25, -0.2) is 0 Å². The second-order valence-corrected chi connectivity index (χ2v) is 3.03. The largest absolute Gasteiger partial charge is 0.324 e. The van der Waals surface area contributed by atoms with Gasteiger partial charge in [-0.15, -0.1) is 0 Å². The monoisotopic (exact) mass is 207 g/mol. The number of hydrogen-bond acceptors (Lipinski definition) is 3. The van der Waals surface area contributed by atoms with Crippen molar-refractivity contribution < 1.29 is 9.59 Å². The van der Waals surface area contributed by atoms with E-state index in [0.29, 0.717) is 11.4 Å². The van der Waals surface area contributed by atoms with Crippen molar-refractivity contribution in [3.05, 3.63) is 24.3 Å². The molecule has 1 aromatic rings. The fraction of sp³-hybridized carbons (Fsp3) is 0.200. The average molecular weight is 207 g/mol. The van der Waals surface area contributed by atoms with E-state index < -0.39 is 0 Å². The molecule has 80 valence electrons. The number of para-hydroxylation sites is 2. The number of rotatable bonds is 3. The number of hydrazine groups is 1. The lowest BCUT2D eigenvalue weighted by Gasteiger charge is -2.11. The minimum absolute atomic E-state index is 0.160. The molecule has 15 heavy (non-hydrogen) atoms. The molecule has 0 aliphatic carbocycles. The van der Waals surface area contributed by atoms with Crippen molar-refractivity contribution >= 4 is 23.2 Å². The highest BCUT2D eigenvalue weighted by atomic mass is 16.2. The molecule has 0 radical (unpaired) electrons. The lowest BCUT2D eigenvalue weighted by molar-refractivity contribution is -0.118. The van der Waals surface area contributed by atoms with E-state index in [1.165, 1.54) is 13.8 Å². The maximum absolute atomic E-state index is 10.9. The standard InChI is InChI=1S/C10H13N3O2/c1-7(14)11-9-5-3-4-6-10(9)13-12-8(2)15/h3-6,13H,1-2H3,(H,11,14)(H,12,15). The molecule has 5 heteroatoms. The van der Waals surface area contributed by atoms with Gasteiger partial charge in [0.1, 0.15) is 0 Å². The summed E-state index contributed by atoms with van der Waals surface area (Å²) in [5, 5.41) is 2.64. The second-order valence-electron chi connectivity index (χ2n) is 3.03. The number of amides is 2. The lowest BCUT2D eigenvalue weighted by Crippen LogP contribution is -2.27. The van der Waals surface area contributed by atoms with E-state index in [1.807, 2.05) is 0 Å². The van der Waals surface area contributed by atoms with Crippen LogP contribution in [-0.4, -0.2) is 11.8 Å². The highest BCUT2D eigenvalue weighted by molar-refractivity contribution is 5.92. The van der Waals surface area contributed by atoms with Crippen LogP contribution in [0.4, 0.5) is 11.4 Å². The Morgan fingerprint density at radius 3 is 2.13 bits per heavy atom. The molecule has 2 amide bonds. The number of benzene rings is 1. The molecule has 0 saturated carbocycles. The van der Waals surface area contributed by atoms with E-state index in [4.69, 9.17) is 0 Å². The van der Waals surface area contributed by atoms with E-state index in [9.17, 15) is 9.59 Å². The van der Waals surface area contributed by atoms with Gasteiger partial charge in [-0.05, 0) is 12.1 Å². The molecule has 0 bridgehead atoms. The normalized spacial score (nSPS) is 9.20. The van der Waals surface area contributed by atoms with E-state index in [1.54, 1.807) is 24.3 Å². The molecule has 0 saturated heterocycles. The molecule has 1 aromatic carbocycles. The summed E-state index contributed by atoms with van der Waals surface area (Å²) < 4.78 is 0. The number of hydrogen-bond donors (Lipinski definition) is 3. The van der Waals surface area contributed by atoms with Gasteiger partial charge in [0.05, 0.1) is 11.4 Å². The summed E-state index contributed by atoms with van der Waals surface area (Å²) in [6, 6.07) is 7.09. The number of anilines is 2. The smallest absolute Gasteiger partial charge is 0.235 e. The molecular formula is C10H13N3O2. The van der Waals surface area contributed by atoms with Crippen LogP contribution in [0.1, 0.15) is 13.8 Å². The van der Waals surface area contributed by atoms with Crippen LogP contribution in [0.25, 0.3) is 0 Å². The molecule has 0 heterocycles. The fourth-order valence-corrected chi connectivity index (χ4v) is 1.05. The van der Waals surface area contributed by atoms with E-state index in [2.05, 4.69) is 16.2 Å². The third kappa shape index (κ3) is 3.68. The highest BCUT2D eigenvalue weighted by Gasteiger charge is 2.02. The molecule has 0 atom stereocenters. The zero-order valence-electron chi connectivity index (χ0n) is 8.63. The summed E-state index contributed by atoms with van der Waals surface area (Å²) in [4.78, 5) is 21.6. The van der Waals surface area contributed by atoms with Crippen LogP contribution in [0.5, 0.6) is 0 Å². The van der Waals surface area contributed by atoms with Gasteiger partial charge >= 0.3 is 0 Å². The van der Waals surface area contributed by atoms with Crippen LogP contribution in [0.3, 0.4) is 0 Å². The summed E-state index contributed by atoms with van der Waals surface area (Å²) >= 11 is 0. The third-order valence-electron chi connectivity index (χ3n) is 1.61. The van der Waals surface area contributed by atoms with Gasteiger partial charge in [-0.1, -0.05) is 12.1 Å². The Morgan fingerprint density at radius 1 is 1.00 bits per heavy atom. The van der Waals surface area contributed by atoms with Crippen molar-refractivity contribution in [1.29, 1.82) is 0 Å². The summed E-state index contributed by atoms with van der Waals surface area (Å²) in [6.45, 7) is 2.82. The quantitative estimate of drug-likeness (QED) is 0.650. The molecule has 0 fully saturated rings. The maximum atomic E-state index is 10.9. The van der Waals surface area contributed by atoms with Crippen molar-refractivity contribution in [2.75, 3.05) is 10.7 Å². The summed E-state index contributed by atoms with van der Waals surface area (Å²) in [6.07, 6.45) is 0. The number of carbonyl (C=O) groups excluding carboxylic acids is 2. The van der Waals surface area contributed by atoms with Gasteiger partial charge < -0.3 is 5.32 Å². The Labute approximate surface area is 87.8 Å². The summed E-state index contributed by atoms with van der Waals surface area (Å²) in [5.74, 6) is -0.361. The van der Waals surface area contributed by atoms with Crippen LogP contribution in [0, 0.1) is 0 Å². The van der Waals surface area contributed by atoms with Gasteiger partial charge in [0.15, 0.2) is 0 Å². The molecule has 0 aromatic heterocycles. The van der Waals surface area contributed by atoms with Gasteiger partial charge in [-0.3, -0.25) is 20.4 Å². The van der Waals surface area contributed by atoms with Crippen LogP contribution >= 0.6 is 0 Å². The minimum atomic E-state index is -0.201. The lowest BCUT2D eigenvalue weighted by atomic mass is 10.2. The van der Waals surface area contributed by atoms with Gasteiger partial charge in [0.25, 0.3) is 0 Å². The Morgan fingerprint density at radius 2 is 1.60 bits per heavy atom. The van der Waals surface area contributed by atoms with Gasteiger partial charge in [0.2, 0.25) is 11.8 Å². The predicted octanol–water partition coefficient (Wildman–Crippen LogP) is 1.11. The topological polar surface area (TPSA) is 70.2 Å². The van der Waals surface area contributed by atoms with Crippen molar-refractivity contribution in [2.45, 2.75) is 13.8 Å². The van der Waals surface area contributed by atoms with E-state index >= 15 is 0 Å². The number of nitrogens with one attached hydrogen (secondary N) is 3. The molecule has 0 unspecified atom stereocenters. The predicted molar refractivity (Wildman–Crippen MR) is 58.2 cm³/mol. The summed E-state index contributed by atoms with van der Waals surface area (Å²) in [5.41, 5.74) is 6.40. The molecule has 1 rings (SSSR count). The Hall–Kier alpha value is -2.04. The maximum Gasteiger partial charge on any atom is 0.235 e. The van der Waals surface area contributed by atoms with Crippen LogP contribution < -0.4 is 16.2 Å². The minimum Gasteiger partial charge on any atom is -0.324 e. The SMILES string of the molecule is CC(=O)NNc1ccccc1NC(C)=O. The van der Waals surface area contributed by atoms with E-state index in [0.717, 1.165) is 0 Å². The van der Waals surface area contributed by atoms with Crippen molar-refractivity contribution in [1.82, 2.24) is 5.43 Å². The van der Waals surface area contributed by atoms with Crippen LogP contribution in [0.2, 0.25) is 0 Å². The molecule has 0 spiro atoms. The Bertz CT molecular complexity index is 377. The van der Waals surface area contributed by atoms with E-state index in [-0.39, 0.29) is 11.8 Å². The first-order valence-corrected chi connectivity index (χ1v) is 4.49. The third-order valence-corrected chi connectivity index (χ3v) is 1.61. The van der Waals surface area contributed by atoms with Crippen LogP contribution in [0.15, 0.2) is 24.3 Å². The highest BCUT2D eigenvalue weighted by Crippen LogP contribution is 2.19. The van der Waals surface area contributed by atoms with Crippen molar-refractivity contribution in [3.8, 4) is 0 Å². The van der Waals surface area contributed by atoms with Crippen molar-refractivity contribution in [3.63, 3.8) is 0 Å². The number of carbonyl (C=O) groups is 2. The first-order chi connectivity index (χ1) is 7.09. The van der Waals surface area contributed by atoms with Gasteiger partial charge in [0, 0.05) is 13.8 Å². The van der Waals surface area contributed by atoms with Crippen molar-refractivity contribution in [2.24, 2.45) is 0 Å². The molecule has 0 aliphatic heterocycles. The van der Waals surface area contributed by atoms with Crippen LogP contribution in [-0.2, 0) is 9.59 Å². The fourth-order valence-electron chi connectivity index (χ4n) is 1.05. The first kappa shape index (κ1) is 11.0. The zero-order chi connectivity index (χ0) is 11.3. The Kier molecular flexibility index (Phi) is 3.68. The molecule has 3 N–H and O–H groups in total. The molecule has 5 nitrogen and oxygen atoms in total. The Balaban J connectivity index is 2.76. The second kappa shape index (κ2) is 4.99. The van der Waals surface area contributed by atoms with Gasteiger partial charge in [-0.2, -0.15) is 0 Å². The zero-order valence-corrected chi connectivity index (χ0v) is 8.63. The molecular weight excluding hydrogens is 194 g/mol. The first-order valence-electron chi connectivity index (χ1n) is 4.49. The summed E-state index contributed by atoms with van der Waals surface area (Å²) in [7, 11) is 0.